The minimum atomic E-state index is -0.533. The van der Waals surface area contributed by atoms with E-state index in [0.29, 0.717) is 6.42 Å². The summed E-state index contributed by atoms with van der Waals surface area (Å²) in [7, 11) is 0. The van der Waals surface area contributed by atoms with Crippen LogP contribution in [-0.4, -0.2) is 18.1 Å². The van der Waals surface area contributed by atoms with E-state index in [9.17, 15) is 4.79 Å². The van der Waals surface area contributed by atoms with Gasteiger partial charge in [-0.2, -0.15) is 0 Å². The molecule has 1 atom stereocenters. The van der Waals surface area contributed by atoms with Gasteiger partial charge < -0.3 is 10.2 Å². The molecule has 1 amide bonds. The van der Waals surface area contributed by atoms with E-state index in [1.54, 1.807) is 0 Å². The van der Waals surface area contributed by atoms with Crippen molar-refractivity contribution in [2.24, 2.45) is 0 Å². The molecule has 4 rings (SSSR count). The van der Waals surface area contributed by atoms with Crippen LogP contribution in [0.3, 0.4) is 0 Å². The molecule has 0 bridgehead atoms. The predicted octanol–water partition coefficient (Wildman–Crippen LogP) is 4.02. The van der Waals surface area contributed by atoms with Crippen molar-refractivity contribution in [2.45, 2.75) is 38.3 Å². The zero-order chi connectivity index (χ0) is 17.7. The molecule has 0 radical (unpaired) electrons. The summed E-state index contributed by atoms with van der Waals surface area (Å²) in [5.41, 5.74) is 4.16. The number of anilines is 1. The number of aryl methyl sites for hydroxylation is 1. The van der Waals surface area contributed by atoms with Crippen LogP contribution in [0.25, 0.3) is 6.08 Å². The maximum absolute atomic E-state index is 12.4. The van der Waals surface area contributed by atoms with Crippen LogP contribution in [0.1, 0.15) is 37.0 Å². The summed E-state index contributed by atoms with van der Waals surface area (Å²) in [6, 6.07) is 16.9. The monoisotopic (exact) mass is 332 g/mol. The fourth-order valence-electron chi connectivity index (χ4n) is 4.25. The van der Waals surface area contributed by atoms with Gasteiger partial charge in [-0.05, 0) is 30.2 Å². The summed E-state index contributed by atoms with van der Waals surface area (Å²) in [5, 5.41) is 3.32. The molecule has 128 valence electrons. The van der Waals surface area contributed by atoms with Crippen LogP contribution in [0.5, 0.6) is 0 Å². The standard InChI is InChI=1S/C22H24N2O/c1-16-9-10-19-18(15-16)21(2,3)22(23-20(25)12-14-24(19)22)13-11-17-7-5-4-6-8-17/h4-11,13,15H,12,14H2,1-3H3,(H,23,25)/t22-/m1/s1. The fraction of sp³-hybridized carbons (Fsp3) is 0.318. The van der Waals surface area contributed by atoms with E-state index in [1.807, 2.05) is 18.2 Å². The number of hydrogen-bond acceptors (Lipinski definition) is 2. The second kappa shape index (κ2) is 5.48. The second-order valence-corrected chi connectivity index (χ2v) is 7.61. The van der Waals surface area contributed by atoms with Crippen molar-refractivity contribution in [3.8, 4) is 0 Å². The smallest absolute Gasteiger partial charge is 0.223 e. The van der Waals surface area contributed by atoms with Gasteiger partial charge in [0.05, 0.1) is 0 Å². The maximum atomic E-state index is 12.4. The molecule has 2 aliphatic heterocycles. The zero-order valence-corrected chi connectivity index (χ0v) is 15.0. The molecular formula is C22H24N2O. The van der Waals surface area contributed by atoms with Crippen LogP contribution in [-0.2, 0) is 10.2 Å². The van der Waals surface area contributed by atoms with E-state index in [1.165, 1.54) is 16.8 Å². The highest BCUT2D eigenvalue weighted by molar-refractivity contribution is 5.84. The predicted molar refractivity (Wildman–Crippen MR) is 103 cm³/mol. The lowest BCUT2D eigenvalue weighted by Crippen LogP contribution is -2.68. The molecule has 2 aromatic carbocycles. The highest BCUT2D eigenvalue weighted by Crippen LogP contribution is 2.52. The molecule has 2 aromatic rings. The van der Waals surface area contributed by atoms with E-state index in [0.717, 1.165) is 12.1 Å². The topological polar surface area (TPSA) is 32.3 Å². The molecule has 0 unspecified atom stereocenters. The lowest BCUT2D eigenvalue weighted by Gasteiger charge is -2.49. The summed E-state index contributed by atoms with van der Waals surface area (Å²) in [6.07, 6.45) is 4.83. The number of nitrogens with zero attached hydrogens (tertiary/aromatic N) is 1. The van der Waals surface area contributed by atoms with Gasteiger partial charge in [-0.1, -0.05) is 68.0 Å². The zero-order valence-electron chi connectivity index (χ0n) is 15.0. The molecule has 2 aliphatic rings. The van der Waals surface area contributed by atoms with E-state index in [4.69, 9.17) is 0 Å². The first-order valence-corrected chi connectivity index (χ1v) is 8.88. The van der Waals surface area contributed by atoms with E-state index >= 15 is 0 Å². The maximum Gasteiger partial charge on any atom is 0.223 e. The Bertz CT molecular complexity index is 854. The van der Waals surface area contributed by atoms with Crippen molar-refractivity contribution in [3.05, 3.63) is 71.3 Å². The Hall–Kier alpha value is -2.55. The van der Waals surface area contributed by atoms with Gasteiger partial charge in [-0.3, -0.25) is 4.79 Å². The third-order valence-corrected chi connectivity index (χ3v) is 5.70. The van der Waals surface area contributed by atoms with Crippen molar-refractivity contribution in [1.29, 1.82) is 0 Å². The van der Waals surface area contributed by atoms with E-state index < -0.39 is 5.66 Å². The number of carbonyl (C=O) groups excluding carboxylic acids is 1. The Balaban J connectivity index is 1.87. The minimum Gasteiger partial charge on any atom is -0.344 e. The lowest BCUT2D eigenvalue weighted by atomic mass is 9.74. The van der Waals surface area contributed by atoms with Crippen LogP contribution in [0, 0.1) is 6.92 Å². The quantitative estimate of drug-likeness (QED) is 0.901. The first-order valence-electron chi connectivity index (χ1n) is 8.88. The van der Waals surface area contributed by atoms with Gasteiger partial charge in [0.25, 0.3) is 0 Å². The molecule has 0 aliphatic carbocycles. The lowest BCUT2D eigenvalue weighted by molar-refractivity contribution is -0.124. The molecule has 1 N–H and O–H groups in total. The van der Waals surface area contributed by atoms with Gasteiger partial charge in [0.1, 0.15) is 5.66 Å². The van der Waals surface area contributed by atoms with Gasteiger partial charge >= 0.3 is 0 Å². The first-order chi connectivity index (χ1) is 11.9. The molecular weight excluding hydrogens is 308 g/mol. The molecule has 0 aromatic heterocycles. The summed E-state index contributed by atoms with van der Waals surface area (Å²) >= 11 is 0. The van der Waals surface area contributed by atoms with Crippen LogP contribution < -0.4 is 10.2 Å². The van der Waals surface area contributed by atoms with Gasteiger partial charge in [-0.25, -0.2) is 0 Å². The Morgan fingerprint density at radius 2 is 1.88 bits per heavy atom. The Kier molecular flexibility index (Phi) is 3.50. The molecule has 25 heavy (non-hydrogen) atoms. The van der Waals surface area contributed by atoms with Crippen molar-refractivity contribution in [2.75, 3.05) is 11.4 Å². The molecule has 1 fully saturated rings. The Morgan fingerprint density at radius 3 is 2.64 bits per heavy atom. The van der Waals surface area contributed by atoms with Crippen molar-refractivity contribution in [1.82, 2.24) is 5.32 Å². The fourth-order valence-corrected chi connectivity index (χ4v) is 4.25. The Labute approximate surface area is 149 Å². The minimum absolute atomic E-state index is 0.117. The average Bonchev–Trinajstić information content (AvgIpc) is 2.78. The number of rotatable bonds is 2. The summed E-state index contributed by atoms with van der Waals surface area (Å²) in [4.78, 5) is 14.7. The number of carbonyl (C=O) groups is 1. The Morgan fingerprint density at radius 1 is 1.12 bits per heavy atom. The first kappa shape index (κ1) is 15.9. The second-order valence-electron chi connectivity index (χ2n) is 7.61. The largest absolute Gasteiger partial charge is 0.344 e. The third-order valence-electron chi connectivity index (χ3n) is 5.70. The van der Waals surface area contributed by atoms with E-state index in [-0.39, 0.29) is 11.3 Å². The van der Waals surface area contributed by atoms with Gasteiger partial charge in [-0.15, -0.1) is 0 Å². The number of benzene rings is 2. The average molecular weight is 332 g/mol. The normalized spacial score (nSPS) is 24.1. The molecule has 3 nitrogen and oxygen atoms in total. The summed E-state index contributed by atoms with van der Waals surface area (Å²) < 4.78 is 0. The van der Waals surface area contributed by atoms with Crippen LogP contribution in [0.2, 0.25) is 0 Å². The number of hydrogen-bond donors (Lipinski definition) is 1. The van der Waals surface area contributed by atoms with Gasteiger partial charge in [0.2, 0.25) is 5.91 Å². The van der Waals surface area contributed by atoms with Crippen molar-refractivity contribution < 1.29 is 4.79 Å². The molecule has 2 heterocycles. The van der Waals surface area contributed by atoms with Crippen LogP contribution in [0.15, 0.2) is 54.6 Å². The van der Waals surface area contributed by atoms with Crippen molar-refractivity contribution >= 4 is 17.7 Å². The van der Waals surface area contributed by atoms with Gasteiger partial charge in [0.15, 0.2) is 0 Å². The van der Waals surface area contributed by atoms with Crippen molar-refractivity contribution in [3.63, 3.8) is 0 Å². The third kappa shape index (κ3) is 2.30. The number of fused-ring (bicyclic) bond motifs is 3. The molecule has 0 spiro atoms. The number of nitrogens with one attached hydrogen (secondary N) is 1. The van der Waals surface area contributed by atoms with Crippen LogP contribution in [0.4, 0.5) is 5.69 Å². The van der Waals surface area contributed by atoms with Crippen LogP contribution >= 0.6 is 0 Å². The molecule has 1 saturated heterocycles. The van der Waals surface area contributed by atoms with Gasteiger partial charge in [0, 0.05) is 24.1 Å². The number of amides is 1. The highest BCUT2D eigenvalue weighted by atomic mass is 16.2. The van der Waals surface area contributed by atoms with E-state index in [2.05, 4.69) is 73.5 Å². The summed E-state index contributed by atoms with van der Waals surface area (Å²) in [5.74, 6) is 0.117. The molecule has 3 heteroatoms. The SMILES string of the molecule is Cc1ccc2c(c1)C(C)(C)[C@]1(C=Cc3ccccc3)NC(=O)CCN21. The summed E-state index contributed by atoms with van der Waals surface area (Å²) in [6.45, 7) is 7.32. The highest BCUT2D eigenvalue weighted by Gasteiger charge is 2.57. The molecule has 0 saturated carbocycles.